The summed E-state index contributed by atoms with van der Waals surface area (Å²) in [4.78, 5) is 25.4. The topological polar surface area (TPSA) is 98.6 Å². The predicted octanol–water partition coefficient (Wildman–Crippen LogP) is 1.92. The van der Waals surface area contributed by atoms with Gasteiger partial charge in [0.2, 0.25) is 0 Å². The van der Waals surface area contributed by atoms with Crippen LogP contribution in [-0.4, -0.2) is 42.1 Å². The van der Waals surface area contributed by atoms with E-state index in [2.05, 4.69) is 25.1 Å². The Kier molecular flexibility index (Phi) is 4.90. The van der Waals surface area contributed by atoms with Gasteiger partial charge in [-0.25, -0.2) is 15.0 Å². The summed E-state index contributed by atoms with van der Waals surface area (Å²) in [6.45, 7) is 4.34. The van der Waals surface area contributed by atoms with E-state index in [9.17, 15) is 4.79 Å². The lowest BCUT2D eigenvalue weighted by Crippen LogP contribution is -2.21. The van der Waals surface area contributed by atoms with Crippen molar-refractivity contribution < 1.29 is 4.74 Å². The first-order chi connectivity index (χ1) is 11.7. The monoisotopic (exact) mass is 344 g/mol. The lowest BCUT2D eigenvalue weighted by Gasteiger charge is -2.12. The maximum absolute atomic E-state index is 12.6. The molecule has 124 valence electrons. The van der Waals surface area contributed by atoms with Crippen LogP contribution in [0.1, 0.15) is 13.8 Å². The molecule has 24 heavy (non-hydrogen) atoms. The zero-order valence-corrected chi connectivity index (χ0v) is 14.1. The Labute approximate surface area is 142 Å². The minimum Gasteiger partial charge on any atom is -0.464 e. The van der Waals surface area contributed by atoms with Crippen molar-refractivity contribution in [3.8, 4) is 23.0 Å². The molecular weight excluding hydrogens is 328 g/mol. The second-order valence-corrected chi connectivity index (χ2v) is 5.91. The fourth-order valence-corrected chi connectivity index (χ4v) is 2.84. The molecule has 3 rings (SSSR count). The van der Waals surface area contributed by atoms with Crippen molar-refractivity contribution in [2.75, 3.05) is 12.4 Å². The molecule has 0 saturated heterocycles. The fraction of sp³-hybridized carbons (Fsp3) is 0.267. The van der Waals surface area contributed by atoms with Crippen molar-refractivity contribution in [2.45, 2.75) is 19.0 Å². The van der Waals surface area contributed by atoms with E-state index < -0.39 is 0 Å². The lowest BCUT2D eigenvalue weighted by atomic mass is 10.2. The van der Waals surface area contributed by atoms with E-state index in [4.69, 9.17) is 4.74 Å². The molecule has 0 fully saturated rings. The maximum Gasteiger partial charge on any atom is 0.316 e. The van der Waals surface area contributed by atoms with Crippen molar-refractivity contribution >= 4 is 11.8 Å². The summed E-state index contributed by atoms with van der Waals surface area (Å²) in [7, 11) is 0. The van der Waals surface area contributed by atoms with Crippen LogP contribution in [0, 0.1) is 0 Å². The van der Waals surface area contributed by atoms with Gasteiger partial charge in [0.25, 0.3) is 5.56 Å². The molecule has 3 aromatic rings. The van der Waals surface area contributed by atoms with Gasteiger partial charge in [-0.3, -0.25) is 14.5 Å². The number of rotatable bonds is 6. The highest BCUT2D eigenvalue weighted by molar-refractivity contribution is 7.99. The summed E-state index contributed by atoms with van der Waals surface area (Å²) in [5.41, 5.74) is 1.68. The van der Waals surface area contributed by atoms with E-state index >= 15 is 0 Å². The molecule has 0 aliphatic carbocycles. The van der Waals surface area contributed by atoms with Crippen molar-refractivity contribution in [3.63, 3.8) is 0 Å². The number of ether oxygens (including phenoxy) is 1. The maximum atomic E-state index is 12.6. The molecule has 0 aliphatic heterocycles. The van der Waals surface area contributed by atoms with Gasteiger partial charge >= 0.3 is 6.01 Å². The van der Waals surface area contributed by atoms with Crippen LogP contribution < -0.4 is 10.3 Å². The van der Waals surface area contributed by atoms with Crippen LogP contribution in [0.3, 0.4) is 0 Å². The molecule has 0 amide bonds. The molecule has 3 heterocycles. The fourth-order valence-electron chi connectivity index (χ4n) is 2.09. The minimum atomic E-state index is -0.204. The van der Waals surface area contributed by atoms with E-state index in [1.807, 2.05) is 13.8 Å². The molecule has 0 saturated carbocycles. The number of thioether (sulfide) groups is 1. The van der Waals surface area contributed by atoms with Gasteiger partial charge < -0.3 is 4.74 Å². The number of hydrogen-bond acceptors (Lipinski definition) is 7. The highest BCUT2D eigenvalue weighted by atomic mass is 32.2. The van der Waals surface area contributed by atoms with E-state index in [1.54, 1.807) is 24.8 Å². The average Bonchev–Trinajstić information content (AvgIpc) is 3.11. The molecule has 0 aliphatic rings. The van der Waals surface area contributed by atoms with E-state index in [0.717, 1.165) is 11.3 Å². The smallest absolute Gasteiger partial charge is 0.316 e. The normalized spacial score (nSPS) is 10.8. The molecule has 3 aromatic heterocycles. The van der Waals surface area contributed by atoms with Gasteiger partial charge in [0.05, 0.1) is 36.6 Å². The van der Waals surface area contributed by atoms with Crippen LogP contribution in [-0.2, 0) is 0 Å². The van der Waals surface area contributed by atoms with Crippen LogP contribution in [0.5, 0.6) is 6.01 Å². The Hall–Kier alpha value is -2.68. The molecule has 0 aromatic carbocycles. The molecule has 0 atom stereocenters. The molecule has 0 bridgehead atoms. The van der Waals surface area contributed by atoms with E-state index in [0.29, 0.717) is 23.1 Å². The molecule has 9 heteroatoms. The van der Waals surface area contributed by atoms with Gasteiger partial charge in [-0.2, -0.15) is 5.10 Å². The van der Waals surface area contributed by atoms with Gasteiger partial charge in [0, 0.05) is 17.8 Å². The third-order valence-electron chi connectivity index (χ3n) is 3.10. The van der Waals surface area contributed by atoms with Crippen molar-refractivity contribution in [1.82, 2.24) is 29.7 Å². The summed E-state index contributed by atoms with van der Waals surface area (Å²) >= 11 is 1.47. The largest absolute Gasteiger partial charge is 0.464 e. The van der Waals surface area contributed by atoms with Crippen LogP contribution in [0.4, 0.5) is 0 Å². The summed E-state index contributed by atoms with van der Waals surface area (Å²) in [6.07, 6.45) is 6.44. The molecule has 1 N–H and O–H groups in total. The molecule has 0 spiro atoms. The number of aromatic amines is 1. The van der Waals surface area contributed by atoms with Crippen LogP contribution >= 0.6 is 11.8 Å². The number of aromatic nitrogens is 6. The van der Waals surface area contributed by atoms with Gasteiger partial charge in [0.1, 0.15) is 0 Å². The number of nitrogens with zero attached hydrogens (tertiary/aromatic N) is 5. The number of H-pyrrole nitrogens is 1. The Morgan fingerprint density at radius 3 is 2.67 bits per heavy atom. The lowest BCUT2D eigenvalue weighted by molar-refractivity contribution is 0.312. The van der Waals surface area contributed by atoms with Crippen LogP contribution in [0.2, 0.25) is 0 Å². The quantitative estimate of drug-likeness (QED) is 0.539. The average molecular weight is 344 g/mol. The summed E-state index contributed by atoms with van der Waals surface area (Å²) in [6, 6.07) is 1.75. The molecule has 0 unspecified atom stereocenters. The minimum absolute atomic E-state index is 0.204. The molecule has 8 nitrogen and oxygen atoms in total. The SMILES string of the molecule is CCOc1ncc(-n2c(SCC)nc(-c3cn[nH]c3)cc2=O)cn1. The summed E-state index contributed by atoms with van der Waals surface area (Å²) < 4.78 is 6.73. The number of hydrogen-bond donors (Lipinski definition) is 1. The van der Waals surface area contributed by atoms with Gasteiger partial charge in [-0.05, 0) is 12.7 Å². The summed E-state index contributed by atoms with van der Waals surface area (Å²) in [5, 5.41) is 7.20. The Balaban J connectivity index is 2.07. The Morgan fingerprint density at radius 1 is 1.25 bits per heavy atom. The van der Waals surface area contributed by atoms with Crippen molar-refractivity contribution in [1.29, 1.82) is 0 Å². The number of nitrogens with one attached hydrogen (secondary N) is 1. The zero-order chi connectivity index (χ0) is 16.9. The highest BCUT2D eigenvalue weighted by Gasteiger charge is 2.13. The first-order valence-electron chi connectivity index (χ1n) is 7.44. The van der Waals surface area contributed by atoms with Crippen LogP contribution in [0.25, 0.3) is 16.9 Å². The Bertz CT molecular complexity index is 861. The second-order valence-electron chi connectivity index (χ2n) is 4.67. The van der Waals surface area contributed by atoms with Crippen molar-refractivity contribution in [2.24, 2.45) is 0 Å². The predicted molar refractivity (Wildman–Crippen MR) is 90.6 cm³/mol. The third kappa shape index (κ3) is 3.30. The standard InChI is InChI=1S/C15H16N6O2S/c1-3-23-14-16-8-11(9-17-14)21-13(22)5-12(10-6-18-19-7-10)20-15(21)24-4-2/h5-9H,3-4H2,1-2H3,(H,18,19). The van der Waals surface area contributed by atoms with Crippen LogP contribution in [0.15, 0.2) is 40.8 Å². The van der Waals surface area contributed by atoms with E-state index in [1.165, 1.54) is 22.4 Å². The second kappa shape index (κ2) is 7.26. The first-order valence-corrected chi connectivity index (χ1v) is 8.42. The first kappa shape index (κ1) is 16.2. The molecule has 0 radical (unpaired) electrons. The zero-order valence-electron chi connectivity index (χ0n) is 13.3. The molecular formula is C15H16N6O2S. The summed E-state index contributed by atoms with van der Waals surface area (Å²) in [5.74, 6) is 0.777. The van der Waals surface area contributed by atoms with E-state index in [-0.39, 0.29) is 11.6 Å². The van der Waals surface area contributed by atoms with Crippen molar-refractivity contribution in [3.05, 3.63) is 41.2 Å². The van der Waals surface area contributed by atoms with Gasteiger partial charge in [0.15, 0.2) is 5.16 Å². The van der Waals surface area contributed by atoms with Gasteiger partial charge in [-0.1, -0.05) is 18.7 Å². The van der Waals surface area contributed by atoms with Gasteiger partial charge in [-0.15, -0.1) is 0 Å². The highest BCUT2D eigenvalue weighted by Crippen LogP contribution is 2.21. The Morgan fingerprint density at radius 2 is 2.04 bits per heavy atom. The third-order valence-corrected chi connectivity index (χ3v) is 3.92.